The molecule has 1 aromatic carbocycles. The zero-order valence-corrected chi connectivity index (χ0v) is 18.6. The molecule has 1 fully saturated rings. The van der Waals surface area contributed by atoms with Crippen molar-refractivity contribution in [2.75, 3.05) is 11.9 Å². The number of nitrogens with one attached hydrogen (secondary N) is 1. The largest absolute Gasteiger partial charge is 0.394 e. The highest BCUT2D eigenvalue weighted by molar-refractivity contribution is 5.92. The van der Waals surface area contributed by atoms with Gasteiger partial charge >= 0.3 is 0 Å². The molecule has 0 aliphatic heterocycles. The van der Waals surface area contributed by atoms with Gasteiger partial charge in [0.05, 0.1) is 18.8 Å². The first-order valence-corrected chi connectivity index (χ1v) is 11.0. The fourth-order valence-corrected chi connectivity index (χ4v) is 4.26. The van der Waals surface area contributed by atoms with Crippen LogP contribution < -0.4 is 5.32 Å². The lowest BCUT2D eigenvalue weighted by molar-refractivity contribution is -0.124. The van der Waals surface area contributed by atoms with Gasteiger partial charge in [-0.15, -0.1) is 0 Å². The Bertz CT molecular complexity index is 755. The van der Waals surface area contributed by atoms with Crippen LogP contribution >= 0.6 is 0 Å². The summed E-state index contributed by atoms with van der Waals surface area (Å²) in [5.74, 6) is 2.27. The van der Waals surface area contributed by atoms with Gasteiger partial charge < -0.3 is 10.4 Å². The van der Waals surface area contributed by atoms with E-state index in [-0.39, 0.29) is 18.4 Å². The van der Waals surface area contributed by atoms with Crippen molar-refractivity contribution in [2.45, 2.75) is 60.4 Å². The molecule has 0 radical (unpaired) electrons. The Labute approximate surface area is 175 Å². The molecule has 1 aliphatic rings. The van der Waals surface area contributed by atoms with E-state index >= 15 is 0 Å². The topological polar surface area (TPSA) is 67.2 Å². The van der Waals surface area contributed by atoms with Crippen molar-refractivity contribution in [1.82, 2.24) is 9.78 Å². The van der Waals surface area contributed by atoms with E-state index in [1.165, 1.54) is 6.42 Å². The van der Waals surface area contributed by atoms with E-state index < -0.39 is 0 Å². The maximum absolute atomic E-state index is 13.1. The number of aliphatic hydroxyl groups excluding tert-OH is 1. The molecule has 1 aliphatic carbocycles. The summed E-state index contributed by atoms with van der Waals surface area (Å²) in [7, 11) is 0. The molecule has 2 N–H and O–H groups in total. The third-order valence-electron chi connectivity index (χ3n) is 5.77. The number of carbonyl (C=O) groups is 1. The highest BCUT2D eigenvalue weighted by atomic mass is 16.3. The van der Waals surface area contributed by atoms with Gasteiger partial charge in [0.2, 0.25) is 5.91 Å². The van der Waals surface area contributed by atoms with Gasteiger partial charge in [0, 0.05) is 17.5 Å². The quantitative estimate of drug-likeness (QED) is 0.700. The third kappa shape index (κ3) is 5.92. The van der Waals surface area contributed by atoms with Gasteiger partial charge in [0.25, 0.3) is 0 Å². The second-order valence-corrected chi connectivity index (χ2v) is 8.15. The molecule has 29 heavy (non-hydrogen) atoms. The summed E-state index contributed by atoms with van der Waals surface area (Å²) in [4.78, 5) is 13.1. The summed E-state index contributed by atoms with van der Waals surface area (Å²) in [5.41, 5.74) is 1.80. The van der Waals surface area contributed by atoms with Gasteiger partial charge in [0.1, 0.15) is 5.82 Å². The number of aromatic nitrogens is 2. The van der Waals surface area contributed by atoms with E-state index in [0.717, 1.165) is 24.1 Å². The van der Waals surface area contributed by atoms with Crippen LogP contribution in [0.25, 0.3) is 11.3 Å². The predicted molar refractivity (Wildman–Crippen MR) is 120 cm³/mol. The van der Waals surface area contributed by atoms with E-state index in [2.05, 4.69) is 31.2 Å². The van der Waals surface area contributed by atoms with E-state index in [0.29, 0.717) is 30.1 Å². The van der Waals surface area contributed by atoms with Crippen LogP contribution in [0.4, 0.5) is 5.82 Å². The zero-order chi connectivity index (χ0) is 21.4. The number of hydrogen-bond donors (Lipinski definition) is 2. The third-order valence-corrected chi connectivity index (χ3v) is 5.77. The van der Waals surface area contributed by atoms with Crippen molar-refractivity contribution in [1.29, 1.82) is 0 Å². The number of nitrogens with zero attached hydrogens (tertiary/aromatic N) is 2. The summed E-state index contributed by atoms with van der Waals surface area (Å²) in [6, 6.07) is 11.8. The Morgan fingerprint density at radius 1 is 1.24 bits per heavy atom. The van der Waals surface area contributed by atoms with Crippen LogP contribution in [-0.4, -0.2) is 27.4 Å². The molecule has 3 atom stereocenters. The van der Waals surface area contributed by atoms with Crippen LogP contribution in [0.5, 0.6) is 0 Å². The average molecular weight is 400 g/mol. The minimum absolute atomic E-state index is 0.0200. The Hall–Kier alpha value is -2.14. The van der Waals surface area contributed by atoms with E-state index in [1.54, 1.807) is 4.68 Å². The van der Waals surface area contributed by atoms with Crippen molar-refractivity contribution in [3.63, 3.8) is 0 Å². The highest BCUT2D eigenvalue weighted by Gasteiger charge is 2.35. The van der Waals surface area contributed by atoms with Crippen LogP contribution in [0.15, 0.2) is 36.4 Å². The maximum atomic E-state index is 13.1. The molecule has 1 saturated carbocycles. The lowest BCUT2D eigenvalue weighted by atomic mass is 9.70. The van der Waals surface area contributed by atoms with Gasteiger partial charge in [-0.05, 0) is 30.6 Å². The maximum Gasteiger partial charge on any atom is 0.228 e. The first-order valence-electron chi connectivity index (χ1n) is 11.0. The van der Waals surface area contributed by atoms with Crippen LogP contribution in [0.1, 0.15) is 53.9 Å². The average Bonchev–Trinajstić information content (AvgIpc) is 3.12. The Kier molecular flexibility index (Phi) is 8.90. The molecule has 1 aromatic heterocycles. The van der Waals surface area contributed by atoms with Crippen molar-refractivity contribution < 1.29 is 9.90 Å². The standard InChI is InChI=1S/C22H31N3O2.C2H6/c1-15(2)18-10-9-16(3)13-19(18)22(27)23-21-14-20(24-25(21)11-12-26)17-7-5-4-6-8-17;1-2/h4-8,14-16,18-19,26H,9-13H2,1-3H3,(H,23,27);1-2H3/t16-,18+,19-;/m1./s1. The van der Waals surface area contributed by atoms with Crippen molar-refractivity contribution >= 4 is 11.7 Å². The zero-order valence-electron chi connectivity index (χ0n) is 18.6. The molecule has 2 aromatic rings. The van der Waals surface area contributed by atoms with Crippen molar-refractivity contribution in [3.05, 3.63) is 36.4 Å². The molecule has 1 heterocycles. The Morgan fingerprint density at radius 2 is 1.93 bits per heavy atom. The van der Waals surface area contributed by atoms with Crippen LogP contribution in [0, 0.1) is 23.7 Å². The van der Waals surface area contributed by atoms with Gasteiger partial charge in [-0.2, -0.15) is 5.10 Å². The van der Waals surface area contributed by atoms with Gasteiger partial charge in [-0.25, -0.2) is 4.68 Å². The lowest BCUT2D eigenvalue weighted by Gasteiger charge is -2.36. The molecule has 0 saturated heterocycles. The second kappa shape index (κ2) is 11.1. The smallest absolute Gasteiger partial charge is 0.228 e. The molecular weight excluding hydrogens is 362 g/mol. The first-order chi connectivity index (χ1) is 14.0. The fraction of sp³-hybridized carbons (Fsp3) is 0.583. The molecule has 5 heteroatoms. The van der Waals surface area contributed by atoms with Crippen molar-refractivity contribution in [2.24, 2.45) is 23.7 Å². The van der Waals surface area contributed by atoms with E-state index in [4.69, 9.17) is 0 Å². The van der Waals surface area contributed by atoms with E-state index in [1.807, 2.05) is 50.2 Å². The van der Waals surface area contributed by atoms with Crippen LogP contribution in [0.3, 0.4) is 0 Å². The number of amides is 1. The van der Waals surface area contributed by atoms with Crippen molar-refractivity contribution in [3.8, 4) is 11.3 Å². The number of anilines is 1. The molecule has 0 bridgehead atoms. The minimum Gasteiger partial charge on any atom is -0.394 e. The SMILES string of the molecule is CC.CC(C)[C@@H]1CC[C@@H](C)C[C@H]1C(=O)Nc1cc(-c2ccccc2)nn1CCO. The number of rotatable bonds is 6. The summed E-state index contributed by atoms with van der Waals surface area (Å²) in [5, 5.41) is 17.1. The van der Waals surface area contributed by atoms with Crippen LogP contribution in [0.2, 0.25) is 0 Å². The molecule has 0 unspecified atom stereocenters. The molecule has 160 valence electrons. The highest BCUT2D eigenvalue weighted by Crippen LogP contribution is 2.38. The Morgan fingerprint density at radius 3 is 2.55 bits per heavy atom. The molecule has 5 nitrogen and oxygen atoms in total. The molecule has 3 rings (SSSR count). The summed E-state index contributed by atoms with van der Waals surface area (Å²) in [6.07, 6.45) is 3.25. The van der Waals surface area contributed by atoms with Gasteiger partial charge in [0.15, 0.2) is 0 Å². The summed E-state index contributed by atoms with van der Waals surface area (Å²) in [6.45, 7) is 11.0. The summed E-state index contributed by atoms with van der Waals surface area (Å²) < 4.78 is 1.69. The first kappa shape index (κ1) is 23.1. The number of aliphatic hydroxyl groups is 1. The minimum atomic E-state index is -0.0200. The van der Waals surface area contributed by atoms with Gasteiger partial charge in [-0.1, -0.05) is 71.4 Å². The predicted octanol–water partition coefficient (Wildman–Crippen LogP) is 5.22. The molecular formula is C24H37N3O2. The van der Waals surface area contributed by atoms with E-state index in [9.17, 15) is 9.90 Å². The monoisotopic (exact) mass is 399 g/mol. The number of carbonyl (C=O) groups excluding carboxylic acids is 1. The molecule has 0 spiro atoms. The fourth-order valence-electron chi connectivity index (χ4n) is 4.26. The molecule has 1 amide bonds. The number of hydrogen-bond acceptors (Lipinski definition) is 3. The second-order valence-electron chi connectivity index (χ2n) is 8.15. The number of benzene rings is 1. The van der Waals surface area contributed by atoms with Crippen LogP contribution in [-0.2, 0) is 11.3 Å². The van der Waals surface area contributed by atoms with Gasteiger partial charge in [-0.3, -0.25) is 4.79 Å². The Balaban J connectivity index is 0.00000145. The normalized spacial score (nSPS) is 21.4. The lowest BCUT2D eigenvalue weighted by Crippen LogP contribution is -2.37. The summed E-state index contributed by atoms with van der Waals surface area (Å²) >= 11 is 0.